The molecule has 0 radical (unpaired) electrons. The van der Waals surface area contributed by atoms with E-state index in [-0.39, 0.29) is 42.7 Å². The first-order chi connectivity index (χ1) is 21.3. The van der Waals surface area contributed by atoms with Gasteiger partial charge in [0.15, 0.2) is 11.9 Å². The molecule has 12 heteroatoms. The zero-order chi connectivity index (χ0) is 32.9. The van der Waals surface area contributed by atoms with E-state index in [0.717, 1.165) is 15.9 Å². The van der Waals surface area contributed by atoms with Crippen molar-refractivity contribution in [2.75, 3.05) is 24.5 Å². The van der Waals surface area contributed by atoms with Gasteiger partial charge in [0.05, 0.1) is 23.6 Å². The van der Waals surface area contributed by atoms with Gasteiger partial charge in [-0.3, -0.25) is 14.5 Å². The average Bonchev–Trinajstić information content (AvgIpc) is 3.39. The molecule has 10 nitrogen and oxygen atoms in total. The van der Waals surface area contributed by atoms with Gasteiger partial charge in [0.1, 0.15) is 5.82 Å². The van der Waals surface area contributed by atoms with Crippen molar-refractivity contribution in [3.8, 4) is 0 Å². The third kappa shape index (κ3) is 8.33. The third-order valence-electron chi connectivity index (χ3n) is 7.52. The van der Waals surface area contributed by atoms with Crippen molar-refractivity contribution in [2.45, 2.75) is 57.3 Å². The molecule has 2 amide bonds. The van der Waals surface area contributed by atoms with Crippen LogP contribution in [0.3, 0.4) is 0 Å². The van der Waals surface area contributed by atoms with E-state index in [0.29, 0.717) is 16.8 Å². The number of aliphatic hydroxyl groups is 1. The number of halogens is 1. The Morgan fingerprint density at radius 1 is 1.07 bits per heavy atom. The lowest BCUT2D eigenvalue weighted by molar-refractivity contribution is -0.129. The van der Waals surface area contributed by atoms with Crippen LogP contribution in [-0.2, 0) is 26.0 Å². The number of ketones is 1. The number of hydrogen-bond acceptors (Lipinski definition) is 7. The van der Waals surface area contributed by atoms with Crippen molar-refractivity contribution >= 4 is 33.5 Å². The third-order valence-corrected chi connectivity index (χ3v) is 9.35. The molecule has 1 saturated heterocycles. The molecule has 3 atom stereocenters. The second kappa shape index (κ2) is 14.3. The molecule has 240 valence electrons. The summed E-state index contributed by atoms with van der Waals surface area (Å²) in [6, 6.07) is 18.1. The van der Waals surface area contributed by atoms with Crippen LogP contribution in [0.4, 0.5) is 14.9 Å². The predicted molar refractivity (Wildman–Crippen MR) is 167 cm³/mol. The van der Waals surface area contributed by atoms with Crippen molar-refractivity contribution in [3.05, 3.63) is 95.3 Å². The Kier molecular flexibility index (Phi) is 10.7. The van der Waals surface area contributed by atoms with Gasteiger partial charge in [-0.15, -0.1) is 0 Å². The highest BCUT2D eigenvalue weighted by atomic mass is 32.2. The van der Waals surface area contributed by atoms with Gasteiger partial charge in [-0.1, -0.05) is 50.2 Å². The molecule has 3 aromatic carbocycles. The van der Waals surface area contributed by atoms with Crippen LogP contribution in [0.5, 0.6) is 0 Å². The monoisotopic (exact) mass is 639 g/mol. The number of carbonyl (C=O) groups is 3. The van der Waals surface area contributed by atoms with Crippen molar-refractivity contribution < 1.29 is 37.0 Å². The Morgan fingerprint density at radius 2 is 1.73 bits per heavy atom. The van der Waals surface area contributed by atoms with Crippen LogP contribution in [-0.4, -0.2) is 73.5 Å². The van der Waals surface area contributed by atoms with Gasteiger partial charge >= 0.3 is 6.09 Å². The minimum absolute atomic E-state index is 0.0402. The number of cyclic esters (lactones) is 1. The topological polar surface area (TPSA) is 133 Å². The predicted octanol–water partition coefficient (Wildman–Crippen LogP) is 4.10. The lowest BCUT2D eigenvalue weighted by Crippen LogP contribution is -2.53. The van der Waals surface area contributed by atoms with Crippen LogP contribution in [0.25, 0.3) is 0 Å². The zero-order valence-electron chi connectivity index (χ0n) is 25.6. The summed E-state index contributed by atoms with van der Waals surface area (Å²) < 4.78 is 48.0. The normalized spacial score (nSPS) is 16.5. The van der Waals surface area contributed by atoms with Gasteiger partial charge in [-0.05, 0) is 73.7 Å². The molecule has 0 aromatic heterocycles. The largest absolute Gasteiger partial charge is 0.434 e. The van der Waals surface area contributed by atoms with Crippen molar-refractivity contribution in [1.29, 1.82) is 0 Å². The maximum atomic E-state index is 14.3. The molecule has 1 aliphatic rings. The van der Waals surface area contributed by atoms with Crippen LogP contribution in [0.15, 0.2) is 77.7 Å². The zero-order valence-corrected chi connectivity index (χ0v) is 26.5. The molecule has 1 heterocycles. The summed E-state index contributed by atoms with van der Waals surface area (Å²) in [5, 5.41) is 14.2. The fourth-order valence-electron chi connectivity index (χ4n) is 5.01. The summed E-state index contributed by atoms with van der Waals surface area (Å²) in [5.41, 5.74) is 1.99. The van der Waals surface area contributed by atoms with Gasteiger partial charge in [0.2, 0.25) is 10.0 Å². The number of anilines is 1. The molecule has 1 aliphatic heterocycles. The SMILES string of the molecule is CC(=O)c1ccc(N2C[C@@H](C(=O)N[C@@H](Cc3ccccc3)[C@H](O)CN(CC(C)C)S(=O)(=O)c3ccc(C)c(F)c3)OC2=O)cc1. The molecule has 2 N–H and O–H groups in total. The Hall–Kier alpha value is -4.13. The lowest BCUT2D eigenvalue weighted by atomic mass is 10.0. The molecule has 45 heavy (non-hydrogen) atoms. The lowest BCUT2D eigenvalue weighted by Gasteiger charge is -2.31. The second-order valence-corrected chi connectivity index (χ2v) is 13.5. The van der Waals surface area contributed by atoms with E-state index in [1.165, 1.54) is 30.9 Å². The van der Waals surface area contributed by atoms with E-state index in [4.69, 9.17) is 4.74 Å². The molecule has 1 fully saturated rings. The molecule has 0 aliphatic carbocycles. The minimum atomic E-state index is -4.21. The highest BCUT2D eigenvalue weighted by Gasteiger charge is 2.39. The highest BCUT2D eigenvalue weighted by molar-refractivity contribution is 7.89. The summed E-state index contributed by atoms with van der Waals surface area (Å²) >= 11 is 0. The number of carbonyl (C=O) groups excluding carboxylic acids is 3. The van der Waals surface area contributed by atoms with Gasteiger partial charge in [-0.25, -0.2) is 17.6 Å². The number of aryl methyl sites for hydroxylation is 1. The number of ether oxygens (including phenoxy) is 1. The van der Waals surface area contributed by atoms with Gasteiger partial charge in [-0.2, -0.15) is 4.31 Å². The van der Waals surface area contributed by atoms with Crippen molar-refractivity contribution in [2.24, 2.45) is 5.92 Å². The highest BCUT2D eigenvalue weighted by Crippen LogP contribution is 2.24. The minimum Gasteiger partial charge on any atom is -0.434 e. The summed E-state index contributed by atoms with van der Waals surface area (Å²) in [5.74, 6) is -1.58. The molecule has 3 aromatic rings. The van der Waals surface area contributed by atoms with E-state index in [2.05, 4.69) is 5.32 Å². The maximum absolute atomic E-state index is 14.3. The molecule has 0 bridgehead atoms. The van der Waals surface area contributed by atoms with Crippen molar-refractivity contribution in [3.63, 3.8) is 0 Å². The Morgan fingerprint density at radius 3 is 2.33 bits per heavy atom. The summed E-state index contributed by atoms with van der Waals surface area (Å²) in [6.45, 7) is 6.16. The Bertz CT molecular complexity index is 1630. The molecule has 0 saturated carbocycles. The Labute approximate surface area is 262 Å². The number of rotatable bonds is 13. The number of nitrogens with one attached hydrogen (secondary N) is 1. The first-order valence-corrected chi connectivity index (χ1v) is 16.1. The van der Waals surface area contributed by atoms with Gasteiger partial charge < -0.3 is 15.2 Å². The van der Waals surface area contributed by atoms with Crippen LogP contribution in [0.2, 0.25) is 0 Å². The fraction of sp³-hybridized carbons (Fsp3) is 0.364. The standard InChI is InChI=1S/C33H38FN3O7S/c1-21(2)18-36(45(42,43)27-15-10-22(3)28(34)17-27)19-30(39)29(16-24-8-6-5-7-9-24)35-32(40)31-20-37(33(41)44-31)26-13-11-25(12-14-26)23(4)38/h5-15,17,21,29-31,39H,16,18-20H2,1-4H3,(H,35,40)/t29-,30+,31-/m0/s1. The molecule has 4 rings (SSSR count). The first-order valence-electron chi connectivity index (χ1n) is 14.6. The van der Waals surface area contributed by atoms with E-state index in [9.17, 15) is 32.3 Å². The number of amides is 2. The number of Topliss-reactive ketones (excluding diaryl/α,β-unsaturated/α-hetero) is 1. The van der Waals surface area contributed by atoms with Crippen LogP contribution in [0.1, 0.15) is 42.3 Å². The van der Waals surface area contributed by atoms with Crippen LogP contribution in [0, 0.1) is 18.7 Å². The number of aliphatic hydroxyl groups excluding tert-OH is 1. The number of hydrogen-bond donors (Lipinski definition) is 2. The molecule has 0 unspecified atom stereocenters. The van der Waals surface area contributed by atoms with E-state index in [1.807, 2.05) is 32.0 Å². The van der Waals surface area contributed by atoms with E-state index in [1.54, 1.807) is 36.4 Å². The average molecular weight is 640 g/mol. The Balaban J connectivity index is 1.55. The van der Waals surface area contributed by atoms with Crippen LogP contribution < -0.4 is 10.2 Å². The van der Waals surface area contributed by atoms with E-state index < -0.39 is 46.1 Å². The number of sulfonamides is 1. The summed E-state index contributed by atoms with van der Waals surface area (Å²) in [4.78, 5) is 38.7. The second-order valence-electron chi connectivity index (χ2n) is 11.6. The summed E-state index contributed by atoms with van der Waals surface area (Å²) in [7, 11) is -4.21. The van der Waals surface area contributed by atoms with Gasteiger partial charge in [0.25, 0.3) is 5.91 Å². The maximum Gasteiger partial charge on any atom is 0.415 e. The number of benzene rings is 3. The van der Waals surface area contributed by atoms with Gasteiger partial charge in [0, 0.05) is 24.3 Å². The number of nitrogens with zero attached hydrogens (tertiary/aromatic N) is 2. The van der Waals surface area contributed by atoms with E-state index >= 15 is 0 Å². The molecule has 0 spiro atoms. The fourth-order valence-corrected chi connectivity index (χ4v) is 6.64. The smallest absolute Gasteiger partial charge is 0.415 e. The molecular formula is C33H38FN3O7S. The molecular weight excluding hydrogens is 601 g/mol. The first kappa shape index (κ1) is 33.8. The summed E-state index contributed by atoms with van der Waals surface area (Å²) in [6.07, 6.45) is -3.18. The quantitative estimate of drug-likeness (QED) is 0.269. The van der Waals surface area contributed by atoms with Crippen LogP contribution >= 0.6 is 0 Å². The van der Waals surface area contributed by atoms with Crippen molar-refractivity contribution in [1.82, 2.24) is 9.62 Å².